The Bertz CT molecular complexity index is 756. The molecular weight excluding hydrogens is 486 g/mol. The summed E-state index contributed by atoms with van der Waals surface area (Å²) in [5.74, 6) is 0. The first-order chi connectivity index (χ1) is 16.3. The highest BCUT2D eigenvalue weighted by Crippen LogP contribution is 2.21. The predicted octanol–water partition coefficient (Wildman–Crippen LogP) is -0.418. The lowest BCUT2D eigenvalue weighted by molar-refractivity contribution is -0.302. The van der Waals surface area contributed by atoms with Crippen LogP contribution in [0.3, 0.4) is 0 Å². The molecule has 1 aliphatic heterocycles. The van der Waals surface area contributed by atoms with E-state index in [0.29, 0.717) is 36.5 Å². The van der Waals surface area contributed by atoms with Crippen LogP contribution in [0.15, 0.2) is 24.3 Å². The van der Waals surface area contributed by atoms with E-state index in [0.717, 1.165) is 11.4 Å². The summed E-state index contributed by atoms with van der Waals surface area (Å²) in [5.41, 5.74) is 1.76. The van der Waals surface area contributed by atoms with Gasteiger partial charge < -0.3 is 55.3 Å². The molecule has 1 aromatic carbocycles. The number of aliphatic hydroxyl groups is 4. The second-order valence-corrected chi connectivity index (χ2v) is 8.45. The molecule has 13 heteroatoms. The fourth-order valence-corrected chi connectivity index (χ4v) is 3.34. The van der Waals surface area contributed by atoms with Gasteiger partial charge in [0.2, 0.25) is 0 Å². The van der Waals surface area contributed by atoms with E-state index in [2.05, 4.69) is 16.0 Å². The van der Waals surface area contributed by atoms with Crippen molar-refractivity contribution in [3.05, 3.63) is 24.3 Å². The van der Waals surface area contributed by atoms with E-state index in [1.165, 1.54) is 0 Å². The highest BCUT2D eigenvalue weighted by atomic mass is 32.1. The summed E-state index contributed by atoms with van der Waals surface area (Å²) < 4.78 is 21.4. The van der Waals surface area contributed by atoms with Crippen LogP contribution in [0.25, 0.3) is 0 Å². The Kier molecular flexibility index (Phi) is 13.1. The zero-order chi connectivity index (χ0) is 24.9. The van der Waals surface area contributed by atoms with Crippen LogP contribution in [-0.2, 0) is 18.9 Å². The molecule has 2 rings (SSSR count). The first-order valence-corrected chi connectivity index (χ1v) is 11.6. The maximum Gasteiger partial charge on any atom is 0.186 e. The quantitative estimate of drug-likeness (QED) is 0.133. The van der Waals surface area contributed by atoms with E-state index in [9.17, 15) is 15.3 Å². The van der Waals surface area contributed by atoms with Crippen LogP contribution < -0.4 is 16.0 Å². The molecule has 1 fully saturated rings. The minimum absolute atomic E-state index is 0.0896. The average molecular weight is 520 g/mol. The Labute approximate surface area is 209 Å². The molecule has 192 valence electrons. The van der Waals surface area contributed by atoms with Gasteiger partial charge in [0.05, 0.1) is 44.6 Å². The maximum absolute atomic E-state index is 9.88. The summed E-state index contributed by atoms with van der Waals surface area (Å²) in [4.78, 5) is 0.699. The molecule has 0 amide bonds. The average Bonchev–Trinajstić information content (AvgIpc) is 2.81. The van der Waals surface area contributed by atoms with Crippen molar-refractivity contribution >= 4 is 45.9 Å². The summed E-state index contributed by atoms with van der Waals surface area (Å²) in [6.45, 7) is 3.28. The topological polar surface area (TPSA) is 154 Å². The zero-order valence-electron chi connectivity index (χ0n) is 18.9. The molecule has 7 N–H and O–H groups in total. The first-order valence-electron chi connectivity index (χ1n) is 10.8. The zero-order valence-corrected chi connectivity index (χ0v) is 20.5. The van der Waals surface area contributed by atoms with Crippen LogP contribution in [0, 0.1) is 0 Å². The van der Waals surface area contributed by atoms with Crippen molar-refractivity contribution in [2.75, 3.05) is 56.8 Å². The molecule has 11 nitrogen and oxygen atoms in total. The van der Waals surface area contributed by atoms with Crippen LogP contribution in [0.5, 0.6) is 0 Å². The molecule has 3 unspecified atom stereocenters. The fraction of sp³-hybridized carbons (Fsp3) is 0.619. The lowest BCUT2D eigenvalue weighted by Crippen LogP contribution is -2.59. The van der Waals surface area contributed by atoms with Gasteiger partial charge in [0.15, 0.2) is 11.4 Å². The predicted molar refractivity (Wildman–Crippen MR) is 134 cm³/mol. The lowest BCUT2D eigenvalue weighted by atomic mass is 9.99. The van der Waals surface area contributed by atoms with E-state index < -0.39 is 37.3 Å². The van der Waals surface area contributed by atoms with Gasteiger partial charge in [-0.15, -0.1) is 0 Å². The minimum Gasteiger partial charge on any atom is -0.394 e. The molecule has 0 aromatic heterocycles. The highest BCUT2D eigenvalue weighted by Gasteiger charge is 2.43. The fourth-order valence-electron chi connectivity index (χ4n) is 3.00. The molecule has 1 aromatic rings. The molecule has 1 saturated heterocycles. The Hall–Kier alpha value is -1.52. The lowest BCUT2D eigenvalue weighted by Gasteiger charge is -2.39. The Morgan fingerprint density at radius 3 is 2.09 bits per heavy atom. The molecule has 0 spiro atoms. The number of hydrogen-bond donors (Lipinski definition) is 7. The molecule has 1 heterocycles. The Morgan fingerprint density at radius 2 is 1.47 bits per heavy atom. The monoisotopic (exact) mass is 519 g/mol. The number of anilines is 2. The van der Waals surface area contributed by atoms with Crippen molar-refractivity contribution in [3.8, 4) is 0 Å². The normalized spacial score (nSPS) is 24.4. The van der Waals surface area contributed by atoms with Gasteiger partial charge in [0, 0.05) is 17.9 Å². The Balaban J connectivity index is 1.47. The molecule has 0 bridgehead atoms. The van der Waals surface area contributed by atoms with Crippen LogP contribution in [0.1, 0.15) is 6.92 Å². The van der Waals surface area contributed by atoms with Gasteiger partial charge in [-0.2, -0.15) is 0 Å². The number of thiocarbonyl (C=S) groups is 2. The highest BCUT2D eigenvalue weighted by molar-refractivity contribution is 7.80. The molecule has 1 aliphatic rings. The second-order valence-electron chi connectivity index (χ2n) is 7.43. The second kappa shape index (κ2) is 15.5. The van der Waals surface area contributed by atoms with Gasteiger partial charge >= 0.3 is 0 Å². The van der Waals surface area contributed by atoms with Crippen molar-refractivity contribution in [2.45, 2.75) is 37.6 Å². The summed E-state index contributed by atoms with van der Waals surface area (Å²) >= 11 is 10.3. The number of rotatable bonds is 13. The molecule has 0 saturated carbocycles. The summed E-state index contributed by atoms with van der Waals surface area (Å²) in [6.07, 6.45) is -6.47. The molecule has 0 radical (unpaired) electrons. The third-order valence-electron chi connectivity index (χ3n) is 4.73. The third-order valence-corrected chi connectivity index (χ3v) is 5.07. The van der Waals surface area contributed by atoms with E-state index in [1.54, 1.807) is 0 Å². The molecule has 0 aliphatic carbocycles. The van der Waals surface area contributed by atoms with Gasteiger partial charge in [0.25, 0.3) is 0 Å². The number of ether oxygens (including phenoxy) is 4. The van der Waals surface area contributed by atoms with Crippen molar-refractivity contribution in [1.82, 2.24) is 5.32 Å². The maximum atomic E-state index is 9.88. The van der Waals surface area contributed by atoms with E-state index in [1.807, 2.05) is 31.2 Å². The first kappa shape index (κ1) is 28.7. The van der Waals surface area contributed by atoms with Crippen molar-refractivity contribution in [2.24, 2.45) is 0 Å². The van der Waals surface area contributed by atoms with Crippen LogP contribution in [0.2, 0.25) is 0 Å². The molecule has 5 atom stereocenters. The van der Waals surface area contributed by atoms with Crippen molar-refractivity contribution < 1.29 is 39.4 Å². The van der Waals surface area contributed by atoms with E-state index >= 15 is 0 Å². The number of aliphatic hydroxyl groups excluding tert-OH is 4. The minimum atomic E-state index is -1.47. The summed E-state index contributed by atoms with van der Waals surface area (Å²) in [5, 5.41) is 48.1. The summed E-state index contributed by atoms with van der Waals surface area (Å²) in [6, 6.07) is 7.59. The van der Waals surface area contributed by atoms with Crippen LogP contribution in [0.4, 0.5) is 11.4 Å². The summed E-state index contributed by atoms with van der Waals surface area (Å²) in [7, 11) is 0. The Morgan fingerprint density at radius 1 is 0.882 bits per heavy atom. The van der Waals surface area contributed by atoms with Gasteiger partial charge in [-0.1, -0.05) is 12.2 Å². The van der Waals surface area contributed by atoms with Gasteiger partial charge in [0.1, 0.15) is 24.4 Å². The molecular formula is C21H33N3O8S2. The molecule has 34 heavy (non-hydrogen) atoms. The van der Waals surface area contributed by atoms with E-state index in [-0.39, 0.29) is 13.2 Å². The van der Waals surface area contributed by atoms with Crippen LogP contribution >= 0.6 is 24.4 Å². The van der Waals surface area contributed by atoms with E-state index in [4.69, 9.17) is 48.5 Å². The third kappa shape index (κ3) is 10.00. The van der Waals surface area contributed by atoms with Gasteiger partial charge in [-0.05, 0) is 43.4 Å². The standard InChI is InChI=1S/C21H33N3O8S2/c1-13(33)23-14-2-4-15(5-3-14)24-21(34)22-6-7-29-8-9-30-10-11-31-20-19(28)18(27)17(26)16(12-25)32-20/h2-5,16-20,25-28H,6-12H2,1H3,(H,23,33)(H2,22,24,34)/t16?,17-,18?,19?,20+/m1/s1. The number of hydrogen-bond acceptors (Lipinski definition) is 10. The number of nitrogens with one attached hydrogen (secondary N) is 3. The largest absolute Gasteiger partial charge is 0.394 e. The number of benzene rings is 1. The van der Waals surface area contributed by atoms with Crippen molar-refractivity contribution in [1.29, 1.82) is 0 Å². The smallest absolute Gasteiger partial charge is 0.186 e. The van der Waals surface area contributed by atoms with Crippen LogP contribution in [-0.4, -0.2) is 107 Å². The SMILES string of the molecule is CC(=S)Nc1ccc(NC(=S)NCCOCCOCCO[C@H]2OC(CO)[C@@H](O)C(O)C2O)cc1. The van der Waals surface area contributed by atoms with Gasteiger partial charge in [-0.3, -0.25) is 0 Å². The van der Waals surface area contributed by atoms with Gasteiger partial charge in [-0.25, -0.2) is 0 Å². The van der Waals surface area contributed by atoms with Crippen molar-refractivity contribution in [3.63, 3.8) is 0 Å².